The van der Waals surface area contributed by atoms with Crippen molar-refractivity contribution < 1.29 is 28.6 Å². The quantitative estimate of drug-likeness (QED) is 0.0262. The summed E-state index contributed by atoms with van der Waals surface area (Å²) < 4.78 is 16.8. The molecule has 0 saturated heterocycles. The minimum Gasteiger partial charge on any atom is -0.462 e. The average Bonchev–Trinajstić information content (AvgIpc) is 3.29. The fourth-order valence-corrected chi connectivity index (χ4v) is 7.87. The second-order valence-electron chi connectivity index (χ2n) is 18.5. The number of unbranched alkanes of at least 4 members (excludes halogenated alkanes) is 31. The SMILES string of the molecule is CCCCCCCC/C=C\C/C=C\C/C=C\CCCC(=O)OCC(COC(=O)CCCCC/C=C\CCCCCCCC)OC(=O)CCCCCCCCCCCCCCCCCC. The van der Waals surface area contributed by atoms with E-state index in [2.05, 4.69) is 69.4 Å². The van der Waals surface area contributed by atoms with Crippen LogP contribution in [0.1, 0.15) is 284 Å². The lowest BCUT2D eigenvalue weighted by Crippen LogP contribution is -2.30. The van der Waals surface area contributed by atoms with Crippen molar-refractivity contribution in [3.63, 3.8) is 0 Å². The molecule has 0 saturated carbocycles. The molecule has 6 heteroatoms. The zero-order valence-corrected chi connectivity index (χ0v) is 42.6. The van der Waals surface area contributed by atoms with Gasteiger partial charge in [0, 0.05) is 19.3 Å². The number of esters is 3. The van der Waals surface area contributed by atoms with E-state index in [4.69, 9.17) is 14.2 Å². The normalized spacial score (nSPS) is 12.4. The van der Waals surface area contributed by atoms with Gasteiger partial charge in [-0.25, -0.2) is 0 Å². The Morgan fingerprint density at radius 3 is 0.969 bits per heavy atom. The predicted octanol–water partition coefficient (Wildman–Crippen LogP) is 18.3. The molecule has 0 aromatic heterocycles. The van der Waals surface area contributed by atoms with E-state index in [9.17, 15) is 14.4 Å². The van der Waals surface area contributed by atoms with Crippen LogP contribution in [0.3, 0.4) is 0 Å². The van der Waals surface area contributed by atoms with Gasteiger partial charge in [0.05, 0.1) is 0 Å². The molecule has 0 aromatic rings. The second kappa shape index (κ2) is 53.0. The van der Waals surface area contributed by atoms with Gasteiger partial charge in [0.25, 0.3) is 0 Å². The third-order valence-electron chi connectivity index (χ3n) is 12.1. The second-order valence-corrected chi connectivity index (χ2v) is 18.5. The average molecular weight is 897 g/mol. The van der Waals surface area contributed by atoms with Crippen LogP contribution in [0.4, 0.5) is 0 Å². The third kappa shape index (κ3) is 50.4. The Balaban J connectivity index is 4.44. The number of hydrogen-bond acceptors (Lipinski definition) is 6. The summed E-state index contributed by atoms with van der Waals surface area (Å²) in [4.78, 5) is 38.0. The van der Waals surface area contributed by atoms with Gasteiger partial charge >= 0.3 is 17.9 Å². The predicted molar refractivity (Wildman–Crippen MR) is 275 cm³/mol. The van der Waals surface area contributed by atoms with Gasteiger partial charge in [0.2, 0.25) is 0 Å². The minimum absolute atomic E-state index is 0.0941. The van der Waals surface area contributed by atoms with Crippen molar-refractivity contribution in [1.29, 1.82) is 0 Å². The Morgan fingerprint density at radius 1 is 0.312 bits per heavy atom. The zero-order valence-electron chi connectivity index (χ0n) is 42.6. The first-order chi connectivity index (χ1) is 31.5. The van der Waals surface area contributed by atoms with Gasteiger partial charge in [-0.1, -0.05) is 236 Å². The van der Waals surface area contributed by atoms with Crippen LogP contribution in [0.5, 0.6) is 0 Å². The molecule has 0 bridgehead atoms. The summed E-state index contributed by atoms with van der Waals surface area (Å²) in [5.74, 6) is -0.951. The van der Waals surface area contributed by atoms with Crippen molar-refractivity contribution in [3.05, 3.63) is 48.6 Å². The molecule has 0 aliphatic carbocycles. The van der Waals surface area contributed by atoms with Gasteiger partial charge in [-0.05, 0) is 77.0 Å². The van der Waals surface area contributed by atoms with E-state index >= 15 is 0 Å². The van der Waals surface area contributed by atoms with Crippen LogP contribution in [-0.2, 0) is 28.6 Å². The van der Waals surface area contributed by atoms with Gasteiger partial charge in [-0.3, -0.25) is 14.4 Å². The number of hydrogen-bond donors (Lipinski definition) is 0. The highest BCUT2D eigenvalue weighted by Crippen LogP contribution is 2.16. The maximum atomic E-state index is 12.8. The topological polar surface area (TPSA) is 78.9 Å². The summed E-state index contributed by atoms with van der Waals surface area (Å²) in [5, 5.41) is 0. The fraction of sp³-hybridized carbons (Fsp3) is 0.810. The van der Waals surface area contributed by atoms with Crippen molar-refractivity contribution in [2.75, 3.05) is 13.2 Å². The van der Waals surface area contributed by atoms with Crippen LogP contribution in [0, 0.1) is 0 Å². The Bertz CT molecular complexity index is 1120. The summed E-state index contributed by atoms with van der Waals surface area (Å²) in [7, 11) is 0. The lowest BCUT2D eigenvalue weighted by atomic mass is 10.0. The largest absolute Gasteiger partial charge is 0.462 e. The van der Waals surface area contributed by atoms with E-state index < -0.39 is 6.10 Å². The van der Waals surface area contributed by atoms with Crippen LogP contribution < -0.4 is 0 Å². The maximum Gasteiger partial charge on any atom is 0.306 e. The summed E-state index contributed by atoms with van der Waals surface area (Å²) in [6.07, 6.45) is 63.9. The van der Waals surface area contributed by atoms with Gasteiger partial charge < -0.3 is 14.2 Å². The van der Waals surface area contributed by atoms with Crippen molar-refractivity contribution in [1.82, 2.24) is 0 Å². The molecule has 1 atom stereocenters. The van der Waals surface area contributed by atoms with Gasteiger partial charge in [0.1, 0.15) is 13.2 Å². The lowest BCUT2D eigenvalue weighted by molar-refractivity contribution is -0.167. The summed E-state index contributed by atoms with van der Waals surface area (Å²) in [6.45, 7) is 6.59. The Labute approximate surface area is 397 Å². The molecule has 372 valence electrons. The van der Waals surface area contributed by atoms with Crippen molar-refractivity contribution >= 4 is 17.9 Å². The number of carbonyl (C=O) groups is 3. The molecule has 0 aliphatic rings. The molecule has 0 aromatic carbocycles. The highest BCUT2D eigenvalue weighted by Gasteiger charge is 2.19. The van der Waals surface area contributed by atoms with Crippen molar-refractivity contribution in [2.45, 2.75) is 290 Å². The zero-order chi connectivity index (χ0) is 46.5. The first-order valence-corrected chi connectivity index (χ1v) is 27.6. The van der Waals surface area contributed by atoms with E-state index in [0.29, 0.717) is 19.3 Å². The van der Waals surface area contributed by atoms with E-state index in [1.165, 1.54) is 167 Å². The molecule has 0 spiro atoms. The van der Waals surface area contributed by atoms with E-state index in [-0.39, 0.29) is 37.5 Å². The van der Waals surface area contributed by atoms with Gasteiger partial charge in [-0.15, -0.1) is 0 Å². The third-order valence-corrected chi connectivity index (χ3v) is 12.1. The number of rotatable bonds is 50. The van der Waals surface area contributed by atoms with Crippen LogP contribution in [0.15, 0.2) is 48.6 Å². The van der Waals surface area contributed by atoms with Crippen LogP contribution >= 0.6 is 0 Å². The molecular weight excluding hydrogens is 793 g/mol. The molecule has 0 aliphatic heterocycles. The first-order valence-electron chi connectivity index (χ1n) is 27.6. The molecule has 0 heterocycles. The Kier molecular flexibility index (Phi) is 50.8. The van der Waals surface area contributed by atoms with Crippen molar-refractivity contribution in [3.8, 4) is 0 Å². The van der Waals surface area contributed by atoms with Crippen LogP contribution in [0.2, 0.25) is 0 Å². The molecule has 1 unspecified atom stereocenters. The minimum atomic E-state index is -0.796. The summed E-state index contributed by atoms with van der Waals surface area (Å²) in [6, 6.07) is 0. The molecule has 64 heavy (non-hydrogen) atoms. The highest BCUT2D eigenvalue weighted by atomic mass is 16.6. The van der Waals surface area contributed by atoms with Gasteiger partial charge in [-0.2, -0.15) is 0 Å². The smallest absolute Gasteiger partial charge is 0.306 e. The number of allylic oxidation sites excluding steroid dienone is 8. The molecule has 0 radical (unpaired) electrons. The van der Waals surface area contributed by atoms with Gasteiger partial charge in [0.15, 0.2) is 6.10 Å². The van der Waals surface area contributed by atoms with Crippen LogP contribution in [0.25, 0.3) is 0 Å². The molecule has 0 N–H and O–H groups in total. The van der Waals surface area contributed by atoms with E-state index in [1.54, 1.807) is 0 Å². The number of carbonyl (C=O) groups excluding carboxylic acids is 3. The van der Waals surface area contributed by atoms with E-state index in [0.717, 1.165) is 70.6 Å². The summed E-state index contributed by atoms with van der Waals surface area (Å²) in [5.41, 5.74) is 0. The maximum absolute atomic E-state index is 12.8. The summed E-state index contributed by atoms with van der Waals surface area (Å²) >= 11 is 0. The highest BCUT2D eigenvalue weighted by molar-refractivity contribution is 5.71. The van der Waals surface area contributed by atoms with E-state index in [1.807, 2.05) is 0 Å². The molecule has 0 fully saturated rings. The van der Waals surface area contributed by atoms with Crippen LogP contribution in [-0.4, -0.2) is 37.2 Å². The first kappa shape index (κ1) is 61.4. The standard InChI is InChI=1S/C58H104O6/c1-4-7-10-13-16-19-22-25-27-29-31-33-36-39-42-45-48-51-57(60)63-54-55(53-62-56(59)50-47-44-41-38-35-32-24-21-18-15-12-9-6-3)64-58(61)52-49-46-43-40-37-34-30-28-26-23-20-17-14-11-8-5-2/h25,27,31-33,35,39,42,55H,4-24,26,28-30,34,36-38,40-41,43-54H2,1-3H3/b27-25-,33-31-,35-32-,42-39-. The van der Waals surface area contributed by atoms with Crippen molar-refractivity contribution in [2.24, 2.45) is 0 Å². The number of ether oxygens (including phenoxy) is 3. The Morgan fingerprint density at radius 2 is 0.578 bits per heavy atom. The lowest BCUT2D eigenvalue weighted by Gasteiger charge is -2.18. The molecular formula is C58H104O6. The molecule has 0 amide bonds. The molecule has 6 nitrogen and oxygen atoms in total. The monoisotopic (exact) mass is 897 g/mol. The Hall–Kier alpha value is -2.63. The fourth-order valence-electron chi connectivity index (χ4n) is 7.87. The molecule has 0 rings (SSSR count).